The van der Waals surface area contributed by atoms with Crippen LogP contribution in [-0.2, 0) is 17.9 Å². The highest BCUT2D eigenvalue weighted by Gasteiger charge is 2.22. The first-order chi connectivity index (χ1) is 13.8. The molecular formula is C22H22N4O2. The van der Waals surface area contributed by atoms with Gasteiger partial charge in [-0.15, -0.1) is 0 Å². The lowest BCUT2D eigenvalue weighted by Crippen LogP contribution is -2.31. The van der Waals surface area contributed by atoms with E-state index in [2.05, 4.69) is 38.0 Å². The van der Waals surface area contributed by atoms with Gasteiger partial charge >= 0.3 is 5.97 Å². The average Bonchev–Trinajstić information content (AvgIpc) is 2.98. The summed E-state index contributed by atoms with van der Waals surface area (Å²) in [7, 11) is 0. The van der Waals surface area contributed by atoms with Gasteiger partial charge in [0.2, 0.25) is 5.95 Å². The highest BCUT2D eigenvalue weighted by atomic mass is 16.5. The number of cyclic esters (lactones) is 1. The Hall–Kier alpha value is -2.99. The van der Waals surface area contributed by atoms with Crippen LogP contribution in [0.5, 0.6) is 0 Å². The number of carbonyl (C=O) groups excluding carboxylic acids is 1. The van der Waals surface area contributed by atoms with Crippen molar-refractivity contribution in [1.82, 2.24) is 14.9 Å². The first kappa shape index (κ1) is 17.1. The van der Waals surface area contributed by atoms with Gasteiger partial charge in [0.25, 0.3) is 0 Å². The molecule has 5 rings (SSSR count). The summed E-state index contributed by atoms with van der Waals surface area (Å²) in [5.41, 5.74) is 3.04. The van der Waals surface area contributed by atoms with Gasteiger partial charge in [0.1, 0.15) is 6.61 Å². The molecule has 0 saturated carbocycles. The van der Waals surface area contributed by atoms with Gasteiger partial charge in [-0.1, -0.05) is 24.3 Å². The molecule has 3 heterocycles. The highest BCUT2D eigenvalue weighted by Crippen LogP contribution is 2.31. The number of hydrogen-bond donors (Lipinski definition) is 0. The summed E-state index contributed by atoms with van der Waals surface area (Å²) in [5, 5.41) is 2.23. The Morgan fingerprint density at radius 2 is 1.86 bits per heavy atom. The van der Waals surface area contributed by atoms with Crippen LogP contribution < -0.4 is 4.90 Å². The van der Waals surface area contributed by atoms with E-state index >= 15 is 0 Å². The van der Waals surface area contributed by atoms with Gasteiger partial charge in [-0.2, -0.15) is 0 Å². The van der Waals surface area contributed by atoms with Crippen LogP contribution in [0.15, 0.2) is 48.8 Å². The third kappa shape index (κ3) is 3.10. The molecule has 1 saturated heterocycles. The number of ether oxygens (including phenoxy) is 1. The zero-order chi connectivity index (χ0) is 18.9. The number of carbonyl (C=O) groups is 1. The molecule has 28 heavy (non-hydrogen) atoms. The molecule has 142 valence electrons. The molecule has 0 radical (unpaired) electrons. The van der Waals surface area contributed by atoms with Gasteiger partial charge < -0.3 is 9.64 Å². The summed E-state index contributed by atoms with van der Waals surface area (Å²) >= 11 is 0. The van der Waals surface area contributed by atoms with Crippen LogP contribution in [0.3, 0.4) is 0 Å². The Morgan fingerprint density at radius 3 is 2.75 bits per heavy atom. The minimum Gasteiger partial charge on any atom is -0.457 e. The number of rotatable bonds is 3. The predicted molar refractivity (Wildman–Crippen MR) is 107 cm³/mol. The molecule has 2 aliphatic heterocycles. The number of aromatic nitrogens is 2. The number of esters is 1. The van der Waals surface area contributed by atoms with Crippen LogP contribution in [0.1, 0.15) is 27.9 Å². The maximum Gasteiger partial charge on any atom is 0.339 e. The van der Waals surface area contributed by atoms with Crippen LogP contribution in [0.25, 0.3) is 10.8 Å². The fraction of sp³-hybridized carbons (Fsp3) is 0.318. The molecule has 0 bridgehead atoms. The summed E-state index contributed by atoms with van der Waals surface area (Å²) in [4.78, 5) is 25.7. The van der Waals surface area contributed by atoms with Crippen LogP contribution in [0.4, 0.5) is 5.95 Å². The quantitative estimate of drug-likeness (QED) is 0.657. The lowest BCUT2D eigenvalue weighted by Gasteiger charge is -2.24. The zero-order valence-corrected chi connectivity index (χ0v) is 15.7. The van der Waals surface area contributed by atoms with Gasteiger partial charge in [-0.3, -0.25) is 4.90 Å². The molecule has 2 aromatic carbocycles. The molecule has 0 aliphatic carbocycles. The lowest BCUT2D eigenvalue weighted by atomic mass is 9.94. The van der Waals surface area contributed by atoms with E-state index in [1.165, 1.54) is 10.9 Å². The van der Waals surface area contributed by atoms with Gasteiger partial charge in [0.15, 0.2) is 0 Å². The average molecular weight is 374 g/mol. The third-order valence-electron chi connectivity index (χ3n) is 5.61. The topological polar surface area (TPSA) is 58.6 Å². The largest absolute Gasteiger partial charge is 0.457 e. The minimum absolute atomic E-state index is 0.219. The normalized spacial score (nSPS) is 17.4. The smallest absolute Gasteiger partial charge is 0.339 e. The van der Waals surface area contributed by atoms with Crippen LogP contribution in [0.2, 0.25) is 0 Å². The number of hydrogen-bond acceptors (Lipinski definition) is 6. The number of anilines is 1. The molecule has 0 amide bonds. The first-order valence-corrected chi connectivity index (χ1v) is 9.74. The van der Waals surface area contributed by atoms with E-state index in [1.807, 2.05) is 18.2 Å². The van der Waals surface area contributed by atoms with E-state index in [9.17, 15) is 4.79 Å². The Balaban J connectivity index is 1.38. The highest BCUT2D eigenvalue weighted by molar-refractivity contribution is 6.08. The Bertz CT molecular complexity index is 1020. The third-order valence-corrected chi connectivity index (χ3v) is 5.61. The second kappa shape index (κ2) is 7.20. The summed E-state index contributed by atoms with van der Waals surface area (Å²) in [6.07, 6.45) is 4.67. The van der Waals surface area contributed by atoms with Crippen molar-refractivity contribution < 1.29 is 9.53 Å². The second-order valence-electron chi connectivity index (χ2n) is 7.35. The first-order valence-electron chi connectivity index (χ1n) is 9.74. The van der Waals surface area contributed by atoms with E-state index in [0.717, 1.165) is 56.0 Å². The molecule has 0 spiro atoms. The van der Waals surface area contributed by atoms with E-state index in [0.29, 0.717) is 12.2 Å². The van der Waals surface area contributed by atoms with E-state index in [4.69, 9.17) is 4.74 Å². The lowest BCUT2D eigenvalue weighted by molar-refractivity contribution is 0.0463. The van der Waals surface area contributed by atoms with Gasteiger partial charge in [-0.05, 0) is 35.1 Å². The SMILES string of the molecule is O=C1OCc2ccc(CN3CCCN(c4ncccn4)CC3)c3cccc1c23. The summed E-state index contributed by atoms with van der Waals surface area (Å²) in [6, 6.07) is 12.1. The van der Waals surface area contributed by atoms with Crippen molar-refractivity contribution in [3.05, 3.63) is 65.5 Å². The maximum absolute atomic E-state index is 12.1. The van der Waals surface area contributed by atoms with E-state index in [-0.39, 0.29) is 5.97 Å². The summed E-state index contributed by atoms with van der Waals surface area (Å²) < 4.78 is 5.29. The van der Waals surface area contributed by atoms with Crippen molar-refractivity contribution in [2.75, 3.05) is 31.1 Å². The molecule has 6 nitrogen and oxygen atoms in total. The van der Waals surface area contributed by atoms with Crippen molar-refractivity contribution >= 4 is 22.7 Å². The van der Waals surface area contributed by atoms with Gasteiger partial charge in [0, 0.05) is 50.5 Å². The number of nitrogens with zero attached hydrogens (tertiary/aromatic N) is 4. The van der Waals surface area contributed by atoms with Crippen molar-refractivity contribution in [3.8, 4) is 0 Å². The molecule has 0 unspecified atom stereocenters. The molecule has 0 N–H and O–H groups in total. The fourth-order valence-corrected chi connectivity index (χ4v) is 4.21. The zero-order valence-electron chi connectivity index (χ0n) is 15.7. The van der Waals surface area contributed by atoms with E-state index in [1.54, 1.807) is 12.4 Å². The van der Waals surface area contributed by atoms with Gasteiger partial charge in [-0.25, -0.2) is 14.8 Å². The molecule has 0 atom stereocenters. The monoisotopic (exact) mass is 374 g/mol. The number of benzene rings is 2. The Kier molecular flexibility index (Phi) is 4.41. The maximum atomic E-state index is 12.1. The van der Waals surface area contributed by atoms with Crippen molar-refractivity contribution in [1.29, 1.82) is 0 Å². The van der Waals surface area contributed by atoms with E-state index < -0.39 is 0 Å². The predicted octanol–water partition coefficient (Wildman–Crippen LogP) is 3.01. The molecule has 1 aromatic heterocycles. The molecule has 1 fully saturated rings. The molecular weight excluding hydrogens is 352 g/mol. The Morgan fingerprint density at radius 1 is 0.964 bits per heavy atom. The molecule has 6 heteroatoms. The van der Waals surface area contributed by atoms with Crippen molar-refractivity contribution in [3.63, 3.8) is 0 Å². The standard InChI is InChI=1S/C22H22N4O2/c27-21-19-5-1-4-18-16(6-7-17(15-28-21)20(18)19)14-25-10-3-11-26(13-12-25)22-23-8-2-9-24-22/h1-2,4-9H,3,10-15H2. The summed E-state index contributed by atoms with van der Waals surface area (Å²) in [5.74, 6) is 0.591. The van der Waals surface area contributed by atoms with Crippen LogP contribution in [0, 0.1) is 0 Å². The Labute approximate surface area is 163 Å². The van der Waals surface area contributed by atoms with Crippen LogP contribution >= 0.6 is 0 Å². The minimum atomic E-state index is -0.219. The molecule has 3 aromatic rings. The van der Waals surface area contributed by atoms with Crippen LogP contribution in [-0.4, -0.2) is 47.0 Å². The second-order valence-corrected chi connectivity index (χ2v) is 7.35. The molecule has 2 aliphatic rings. The van der Waals surface area contributed by atoms with Crippen molar-refractivity contribution in [2.24, 2.45) is 0 Å². The van der Waals surface area contributed by atoms with Crippen molar-refractivity contribution in [2.45, 2.75) is 19.6 Å². The van der Waals surface area contributed by atoms with Gasteiger partial charge in [0.05, 0.1) is 5.56 Å². The fourth-order valence-electron chi connectivity index (χ4n) is 4.21. The summed E-state index contributed by atoms with van der Waals surface area (Å²) in [6.45, 7) is 5.12.